The number of aliphatic imine (C=N–C) groups is 1. The molecule has 1 aromatic rings. The molecule has 4 saturated carbocycles. The number of rotatable bonds is 3. The van der Waals surface area contributed by atoms with Gasteiger partial charge in [0, 0.05) is 24.2 Å². The quantitative estimate of drug-likeness (QED) is 0.576. The Morgan fingerprint density at radius 1 is 0.966 bits per heavy atom. The van der Waals surface area contributed by atoms with Crippen LogP contribution in [0.2, 0.25) is 0 Å². The van der Waals surface area contributed by atoms with Gasteiger partial charge in [0.25, 0.3) is 0 Å². The van der Waals surface area contributed by atoms with Crippen LogP contribution in [0.25, 0.3) is 6.08 Å². The Kier molecular flexibility index (Phi) is 4.09. The van der Waals surface area contributed by atoms with Gasteiger partial charge in [0.2, 0.25) is 5.90 Å². The molecule has 4 bridgehead atoms. The molecule has 5 nitrogen and oxygen atoms in total. The Morgan fingerprint density at radius 2 is 1.59 bits per heavy atom. The zero-order chi connectivity index (χ0) is 19.4. The average molecular weight is 392 g/mol. The number of esters is 1. The Balaban J connectivity index is 1.23. The molecular weight excluding hydrogens is 364 g/mol. The monoisotopic (exact) mass is 392 g/mol. The van der Waals surface area contributed by atoms with Gasteiger partial charge in [0.15, 0.2) is 5.70 Å². The highest BCUT2D eigenvalue weighted by atomic mass is 16.6. The van der Waals surface area contributed by atoms with Crippen molar-refractivity contribution in [3.8, 4) is 0 Å². The predicted molar refractivity (Wildman–Crippen MR) is 112 cm³/mol. The van der Waals surface area contributed by atoms with Gasteiger partial charge in [-0.3, -0.25) is 0 Å². The van der Waals surface area contributed by atoms with Gasteiger partial charge in [-0.25, -0.2) is 9.79 Å². The van der Waals surface area contributed by atoms with Gasteiger partial charge in [0.1, 0.15) is 0 Å². The zero-order valence-corrected chi connectivity index (χ0v) is 16.8. The highest BCUT2D eigenvalue weighted by molar-refractivity contribution is 6.09. The van der Waals surface area contributed by atoms with E-state index in [9.17, 15) is 4.79 Å². The van der Waals surface area contributed by atoms with E-state index in [1.165, 1.54) is 24.9 Å². The lowest BCUT2D eigenvalue weighted by Gasteiger charge is -2.55. The fourth-order valence-corrected chi connectivity index (χ4v) is 6.77. The number of ether oxygens (including phenoxy) is 2. The molecule has 7 rings (SSSR count). The van der Waals surface area contributed by atoms with Gasteiger partial charge >= 0.3 is 5.97 Å². The number of carbonyl (C=O) groups is 1. The summed E-state index contributed by atoms with van der Waals surface area (Å²) in [6.45, 7) is 3.40. The first-order valence-electron chi connectivity index (χ1n) is 11.1. The third kappa shape index (κ3) is 3.10. The summed E-state index contributed by atoms with van der Waals surface area (Å²) in [5, 5.41) is 0. The number of morpholine rings is 1. The van der Waals surface area contributed by atoms with E-state index >= 15 is 0 Å². The number of hydrogen-bond acceptors (Lipinski definition) is 5. The highest BCUT2D eigenvalue weighted by Crippen LogP contribution is 2.61. The number of nitrogens with zero attached hydrogens (tertiary/aromatic N) is 2. The summed E-state index contributed by atoms with van der Waals surface area (Å²) in [4.78, 5) is 19.6. The molecule has 0 atom stereocenters. The van der Waals surface area contributed by atoms with Crippen LogP contribution in [0.3, 0.4) is 0 Å². The molecular formula is C24H28N2O3. The fourth-order valence-electron chi connectivity index (χ4n) is 6.77. The number of hydrogen-bond donors (Lipinski definition) is 0. The van der Waals surface area contributed by atoms with E-state index in [1.807, 2.05) is 6.08 Å². The van der Waals surface area contributed by atoms with Crippen LogP contribution in [0.15, 0.2) is 35.0 Å². The standard InChI is InChI=1S/C24H28N2O3/c27-22-21(12-16-1-3-20(4-2-16)26-5-7-28-8-6-26)25-23(29-22)24-13-17-9-18(14-24)11-19(10-17)15-24/h1-4,12,17-19H,5-11,13-15H2/b21-12-. The van der Waals surface area contributed by atoms with Crippen molar-refractivity contribution in [3.05, 3.63) is 35.5 Å². The minimum atomic E-state index is -0.284. The number of anilines is 1. The number of benzene rings is 1. The van der Waals surface area contributed by atoms with Crippen LogP contribution in [-0.2, 0) is 14.3 Å². The lowest BCUT2D eigenvalue weighted by molar-refractivity contribution is -0.131. The molecule has 0 spiro atoms. The van der Waals surface area contributed by atoms with E-state index in [0.717, 1.165) is 74.8 Å². The third-order valence-electron chi connectivity index (χ3n) is 7.69. The Bertz CT molecular complexity index is 845. The van der Waals surface area contributed by atoms with Crippen molar-refractivity contribution in [3.63, 3.8) is 0 Å². The summed E-state index contributed by atoms with van der Waals surface area (Å²) in [6.07, 6.45) is 9.47. The zero-order valence-electron chi connectivity index (χ0n) is 16.8. The van der Waals surface area contributed by atoms with Crippen LogP contribution >= 0.6 is 0 Å². The maximum atomic E-state index is 12.6. The van der Waals surface area contributed by atoms with E-state index in [1.54, 1.807) is 0 Å². The normalized spacial score (nSPS) is 37.2. The first-order chi connectivity index (χ1) is 14.2. The van der Waals surface area contributed by atoms with Crippen molar-refractivity contribution < 1.29 is 14.3 Å². The maximum Gasteiger partial charge on any atom is 0.363 e. The lowest BCUT2D eigenvalue weighted by atomic mass is 9.49. The van der Waals surface area contributed by atoms with E-state index in [2.05, 4.69) is 29.2 Å². The van der Waals surface area contributed by atoms with E-state index < -0.39 is 0 Å². The van der Waals surface area contributed by atoms with Gasteiger partial charge < -0.3 is 14.4 Å². The van der Waals surface area contributed by atoms with E-state index in [4.69, 9.17) is 14.5 Å². The van der Waals surface area contributed by atoms with Crippen molar-refractivity contribution in [2.45, 2.75) is 38.5 Å². The molecule has 0 amide bonds. The van der Waals surface area contributed by atoms with Gasteiger partial charge in [-0.1, -0.05) is 12.1 Å². The molecule has 152 valence electrons. The van der Waals surface area contributed by atoms with Gasteiger partial charge in [-0.05, 0) is 80.1 Å². The molecule has 5 heteroatoms. The second-order valence-electron chi connectivity index (χ2n) is 9.72. The number of cyclic esters (lactones) is 1. The van der Waals surface area contributed by atoms with Crippen molar-refractivity contribution in [2.75, 3.05) is 31.2 Å². The van der Waals surface area contributed by atoms with Gasteiger partial charge in [0.05, 0.1) is 13.2 Å². The summed E-state index contributed by atoms with van der Waals surface area (Å²) in [6, 6.07) is 8.34. The molecule has 2 aliphatic heterocycles. The molecule has 1 saturated heterocycles. The molecule has 0 aromatic heterocycles. The van der Waals surface area contributed by atoms with Crippen molar-refractivity contribution in [1.29, 1.82) is 0 Å². The summed E-state index contributed by atoms with van der Waals surface area (Å²) in [5.41, 5.74) is 2.67. The molecule has 0 N–H and O–H groups in total. The van der Waals surface area contributed by atoms with Crippen molar-refractivity contribution in [1.82, 2.24) is 0 Å². The predicted octanol–water partition coefficient (Wildman–Crippen LogP) is 4.04. The Morgan fingerprint density at radius 3 is 2.21 bits per heavy atom. The molecule has 29 heavy (non-hydrogen) atoms. The molecule has 0 radical (unpaired) electrons. The largest absolute Gasteiger partial charge is 0.406 e. The summed E-state index contributed by atoms with van der Waals surface area (Å²) in [7, 11) is 0. The molecule has 6 aliphatic rings. The molecule has 1 aromatic carbocycles. The van der Waals surface area contributed by atoms with Crippen LogP contribution in [0, 0.1) is 23.2 Å². The molecule has 0 unspecified atom stereocenters. The number of carbonyl (C=O) groups excluding carboxylic acids is 1. The van der Waals surface area contributed by atoms with Gasteiger partial charge in [-0.2, -0.15) is 0 Å². The summed E-state index contributed by atoms with van der Waals surface area (Å²) in [5.74, 6) is 2.86. The topological polar surface area (TPSA) is 51.1 Å². The molecule has 4 aliphatic carbocycles. The smallest absolute Gasteiger partial charge is 0.363 e. The fraction of sp³-hybridized carbons (Fsp3) is 0.583. The van der Waals surface area contributed by atoms with Crippen molar-refractivity contribution >= 4 is 23.6 Å². The van der Waals surface area contributed by atoms with Crippen LogP contribution in [0.4, 0.5) is 5.69 Å². The summed E-state index contributed by atoms with van der Waals surface area (Å²) < 4.78 is 11.2. The van der Waals surface area contributed by atoms with Crippen LogP contribution in [0.5, 0.6) is 0 Å². The minimum absolute atomic E-state index is 0.0280. The van der Waals surface area contributed by atoms with Crippen LogP contribution in [0.1, 0.15) is 44.1 Å². The van der Waals surface area contributed by atoms with Crippen LogP contribution in [-0.4, -0.2) is 38.2 Å². The molecule has 5 fully saturated rings. The van der Waals surface area contributed by atoms with Gasteiger partial charge in [-0.15, -0.1) is 0 Å². The average Bonchev–Trinajstić information content (AvgIpc) is 3.09. The van der Waals surface area contributed by atoms with E-state index in [0.29, 0.717) is 5.70 Å². The molecule has 2 heterocycles. The van der Waals surface area contributed by atoms with Crippen molar-refractivity contribution in [2.24, 2.45) is 28.2 Å². The van der Waals surface area contributed by atoms with Crippen LogP contribution < -0.4 is 4.90 Å². The Labute approximate surface area is 171 Å². The first kappa shape index (κ1) is 17.7. The third-order valence-corrected chi connectivity index (χ3v) is 7.69. The lowest BCUT2D eigenvalue weighted by Crippen LogP contribution is -2.50. The Hall–Kier alpha value is -2.14. The SMILES string of the molecule is O=C1OC(C23CC4CC(CC(C4)C2)C3)=N/C1=C\c1ccc(N2CCOCC2)cc1. The highest BCUT2D eigenvalue weighted by Gasteiger charge is 2.55. The maximum absolute atomic E-state index is 12.6. The second kappa shape index (κ2) is 6.69. The van der Waals surface area contributed by atoms with E-state index in [-0.39, 0.29) is 11.4 Å². The second-order valence-corrected chi connectivity index (χ2v) is 9.72. The first-order valence-corrected chi connectivity index (χ1v) is 11.1. The minimum Gasteiger partial charge on any atom is -0.406 e. The summed E-state index contributed by atoms with van der Waals surface area (Å²) >= 11 is 0.